The summed E-state index contributed by atoms with van der Waals surface area (Å²) in [6.07, 6.45) is 0. The predicted molar refractivity (Wildman–Crippen MR) is 73.7 cm³/mol. The van der Waals surface area contributed by atoms with Gasteiger partial charge in [-0.15, -0.1) is 11.3 Å². The third-order valence-corrected chi connectivity index (χ3v) is 3.69. The van der Waals surface area contributed by atoms with E-state index in [9.17, 15) is 8.78 Å². The smallest absolute Gasteiger partial charge is 0.177 e. The van der Waals surface area contributed by atoms with Gasteiger partial charge in [-0.3, -0.25) is 0 Å². The first kappa shape index (κ1) is 14.1. The normalized spacial score (nSPS) is 10.1. The average molecular weight is 295 g/mol. The standard InChI is InChI=1S/C13H11F2N3OS/c1-19-12-11(17)10(5-16)20-13(12)18-6-7-2-3-8(14)9(15)4-7/h2-4,18H,6,17H2,1H3. The van der Waals surface area contributed by atoms with E-state index in [-0.39, 0.29) is 12.2 Å². The lowest BCUT2D eigenvalue weighted by molar-refractivity contribution is 0.420. The van der Waals surface area contributed by atoms with E-state index in [4.69, 9.17) is 15.7 Å². The fraction of sp³-hybridized carbons (Fsp3) is 0.154. The van der Waals surface area contributed by atoms with Crippen LogP contribution in [0, 0.1) is 23.0 Å². The molecule has 0 atom stereocenters. The maximum Gasteiger partial charge on any atom is 0.177 e. The summed E-state index contributed by atoms with van der Waals surface area (Å²) in [6.45, 7) is 0.262. The molecule has 0 bridgehead atoms. The van der Waals surface area contributed by atoms with Crippen molar-refractivity contribution in [3.05, 3.63) is 40.3 Å². The molecular weight excluding hydrogens is 284 g/mol. The topological polar surface area (TPSA) is 71.1 Å². The van der Waals surface area contributed by atoms with Crippen LogP contribution in [0.2, 0.25) is 0 Å². The highest BCUT2D eigenvalue weighted by molar-refractivity contribution is 7.17. The molecule has 0 aliphatic carbocycles. The number of halogens is 2. The summed E-state index contributed by atoms with van der Waals surface area (Å²) >= 11 is 1.15. The molecular formula is C13H11F2N3OS. The van der Waals surface area contributed by atoms with Crippen LogP contribution in [0.25, 0.3) is 0 Å². The fourth-order valence-corrected chi connectivity index (χ4v) is 2.55. The van der Waals surface area contributed by atoms with Crippen molar-refractivity contribution in [3.8, 4) is 11.8 Å². The van der Waals surface area contributed by atoms with E-state index in [0.717, 1.165) is 23.5 Å². The Bertz CT molecular complexity index is 679. The van der Waals surface area contributed by atoms with Crippen LogP contribution in [0.3, 0.4) is 0 Å². The SMILES string of the molecule is COc1c(NCc2ccc(F)c(F)c2)sc(C#N)c1N. The van der Waals surface area contributed by atoms with Gasteiger partial charge in [-0.2, -0.15) is 5.26 Å². The minimum Gasteiger partial charge on any atom is -0.492 e. The molecule has 0 saturated heterocycles. The number of ether oxygens (including phenoxy) is 1. The molecule has 2 rings (SSSR count). The lowest BCUT2D eigenvalue weighted by Crippen LogP contribution is -2.01. The third-order valence-electron chi connectivity index (χ3n) is 2.64. The molecule has 1 aromatic heterocycles. The van der Waals surface area contributed by atoms with Crippen molar-refractivity contribution in [1.29, 1.82) is 5.26 Å². The number of nitrogens with two attached hydrogens (primary N) is 1. The molecule has 7 heteroatoms. The largest absolute Gasteiger partial charge is 0.492 e. The van der Waals surface area contributed by atoms with Gasteiger partial charge in [0, 0.05) is 6.54 Å². The van der Waals surface area contributed by atoms with Crippen LogP contribution in [-0.4, -0.2) is 7.11 Å². The van der Waals surface area contributed by atoms with Crippen LogP contribution in [0.1, 0.15) is 10.4 Å². The number of hydrogen-bond acceptors (Lipinski definition) is 5. The number of nitriles is 1. The highest BCUT2D eigenvalue weighted by Gasteiger charge is 2.16. The van der Waals surface area contributed by atoms with Crippen molar-refractivity contribution in [1.82, 2.24) is 0 Å². The van der Waals surface area contributed by atoms with Crippen LogP contribution < -0.4 is 15.8 Å². The van der Waals surface area contributed by atoms with Gasteiger partial charge < -0.3 is 15.8 Å². The second-order valence-corrected chi connectivity index (χ2v) is 4.94. The van der Waals surface area contributed by atoms with Crippen molar-refractivity contribution < 1.29 is 13.5 Å². The first-order chi connectivity index (χ1) is 9.56. The van der Waals surface area contributed by atoms with Gasteiger partial charge in [0.25, 0.3) is 0 Å². The molecule has 0 amide bonds. The lowest BCUT2D eigenvalue weighted by Gasteiger charge is -2.07. The minimum absolute atomic E-state index is 0.262. The molecule has 0 spiro atoms. The number of nitrogens with one attached hydrogen (secondary N) is 1. The highest BCUT2D eigenvalue weighted by Crippen LogP contribution is 2.42. The number of nitrogen functional groups attached to an aromatic ring is 1. The van der Waals surface area contributed by atoms with E-state index in [0.29, 0.717) is 21.2 Å². The number of nitrogens with zero attached hydrogens (tertiary/aromatic N) is 1. The number of rotatable bonds is 4. The van der Waals surface area contributed by atoms with Gasteiger partial charge in [-0.25, -0.2) is 8.78 Å². The van der Waals surface area contributed by atoms with Crippen LogP contribution >= 0.6 is 11.3 Å². The summed E-state index contributed by atoms with van der Waals surface area (Å²) < 4.78 is 31.0. The van der Waals surface area contributed by atoms with E-state index >= 15 is 0 Å². The molecule has 0 unspecified atom stereocenters. The van der Waals surface area contributed by atoms with Gasteiger partial charge in [0.15, 0.2) is 17.4 Å². The first-order valence-electron chi connectivity index (χ1n) is 5.61. The predicted octanol–water partition coefficient (Wildman–Crippen LogP) is 3.10. The Morgan fingerprint density at radius 3 is 2.75 bits per heavy atom. The molecule has 104 valence electrons. The maximum absolute atomic E-state index is 13.1. The van der Waals surface area contributed by atoms with Crippen molar-refractivity contribution in [2.75, 3.05) is 18.2 Å². The molecule has 0 aliphatic rings. The van der Waals surface area contributed by atoms with Crippen LogP contribution in [0.15, 0.2) is 18.2 Å². The zero-order chi connectivity index (χ0) is 14.7. The van der Waals surface area contributed by atoms with E-state index < -0.39 is 11.6 Å². The van der Waals surface area contributed by atoms with Crippen molar-refractivity contribution in [2.45, 2.75) is 6.54 Å². The molecule has 1 aromatic carbocycles. The van der Waals surface area contributed by atoms with Crippen molar-refractivity contribution in [3.63, 3.8) is 0 Å². The molecule has 0 aliphatic heterocycles. The number of hydrogen-bond donors (Lipinski definition) is 2. The summed E-state index contributed by atoms with van der Waals surface area (Å²) in [6, 6.07) is 5.61. The van der Waals surface area contributed by atoms with Crippen LogP contribution in [0.5, 0.6) is 5.75 Å². The number of methoxy groups -OCH3 is 1. The molecule has 0 saturated carbocycles. The molecule has 2 aromatic rings. The van der Waals surface area contributed by atoms with Gasteiger partial charge in [0.2, 0.25) is 0 Å². The Kier molecular flexibility index (Phi) is 4.05. The summed E-state index contributed by atoms with van der Waals surface area (Å²) in [4.78, 5) is 0.342. The number of anilines is 2. The number of thiophene rings is 1. The Hall–Kier alpha value is -2.33. The van der Waals surface area contributed by atoms with E-state index in [2.05, 4.69) is 5.32 Å². The summed E-state index contributed by atoms with van der Waals surface area (Å²) in [5.41, 5.74) is 6.59. The molecule has 20 heavy (non-hydrogen) atoms. The molecule has 3 N–H and O–H groups in total. The highest BCUT2D eigenvalue weighted by atomic mass is 32.1. The molecule has 1 heterocycles. The van der Waals surface area contributed by atoms with Crippen molar-refractivity contribution >= 4 is 22.0 Å². The maximum atomic E-state index is 13.1. The second-order valence-electron chi connectivity index (χ2n) is 3.92. The van der Waals surface area contributed by atoms with Gasteiger partial charge in [-0.1, -0.05) is 6.07 Å². The van der Waals surface area contributed by atoms with Gasteiger partial charge in [-0.05, 0) is 17.7 Å². The van der Waals surface area contributed by atoms with E-state index in [1.165, 1.54) is 13.2 Å². The molecule has 0 fully saturated rings. The number of benzene rings is 1. The summed E-state index contributed by atoms with van der Waals surface area (Å²) in [7, 11) is 1.45. The quantitative estimate of drug-likeness (QED) is 0.909. The van der Waals surface area contributed by atoms with Gasteiger partial charge >= 0.3 is 0 Å². The zero-order valence-electron chi connectivity index (χ0n) is 10.5. The third kappa shape index (κ3) is 2.65. The second kappa shape index (κ2) is 5.75. The Balaban J connectivity index is 2.18. The summed E-state index contributed by atoms with van der Waals surface area (Å²) in [5.74, 6) is -1.41. The Labute approximate surface area is 118 Å². The minimum atomic E-state index is -0.903. The molecule has 0 radical (unpaired) electrons. The van der Waals surface area contributed by atoms with Crippen molar-refractivity contribution in [2.24, 2.45) is 0 Å². The summed E-state index contributed by atoms with van der Waals surface area (Å²) in [5, 5.41) is 12.5. The fourth-order valence-electron chi connectivity index (χ4n) is 1.66. The zero-order valence-corrected chi connectivity index (χ0v) is 11.4. The first-order valence-corrected chi connectivity index (χ1v) is 6.42. The van der Waals surface area contributed by atoms with Crippen LogP contribution in [-0.2, 0) is 6.54 Å². The molecule has 4 nitrogen and oxygen atoms in total. The Morgan fingerprint density at radius 1 is 1.40 bits per heavy atom. The van der Waals surface area contributed by atoms with Crippen LogP contribution in [0.4, 0.5) is 19.5 Å². The average Bonchev–Trinajstić information content (AvgIpc) is 2.75. The van der Waals surface area contributed by atoms with E-state index in [1.807, 2.05) is 6.07 Å². The Morgan fingerprint density at radius 2 is 2.15 bits per heavy atom. The monoisotopic (exact) mass is 295 g/mol. The lowest BCUT2D eigenvalue weighted by atomic mass is 10.2. The van der Waals surface area contributed by atoms with Gasteiger partial charge in [0.1, 0.15) is 21.6 Å². The van der Waals surface area contributed by atoms with Gasteiger partial charge in [0.05, 0.1) is 7.11 Å². The van der Waals surface area contributed by atoms with E-state index in [1.54, 1.807) is 0 Å².